The van der Waals surface area contributed by atoms with Crippen molar-refractivity contribution in [3.05, 3.63) is 16.7 Å². The SMILES string of the molecule is O=C1CC(O)CN1c1c(O)nc[nH]c1=O. The van der Waals surface area contributed by atoms with Gasteiger partial charge in [-0.05, 0) is 0 Å². The number of H-pyrrole nitrogens is 1. The third-order valence-corrected chi connectivity index (χ3v) is 2.18. The minimum absolute atomic E-state index is 0.00116. The van der Waals surface area contributed by atoms with Crippen LogP contribution in [-0.4, -0.2) is 38.7 Å². The van der Waals surface area contributed by atoms with Crippen LogP contribution in [0.1, 0.15) is 6.42 Å². The number of nitrogens with one attached hydrogen (secondary N) is 1. The fourth-order valence-corrected chi connectivity index (χ4v) is 1.53. The van der Waals surface area contributed by atoms with Crippen LogP contribution < -0.4 is 10.5 Å². The van der Waals surface area contributed by atoms with Gasteiger partial charge in [-0.15, -0.1) is 0 Å². The van der Waals surface area contributed by atoms with Gasteiger partial charge in [0.25, 0.3) is 5.56 Å². The molecule has 3 N–H and O–H groups in total. The summed E-state index contributed by atoms with van der Waals surface area (Å²) in [5.74, 6) is -0.919. The van der Waals surface area contributed by atoms with Crippen molar-refractivity contribution in [3.8, 4) is 5.88 Å². The molecule has 2 heterocycles. The maximum Gasteiger partial charge on any atom is 0.278 e. The first-order chi connectivity index (χ1) is 7.09. The zero-order valence-electron chi connectivity index (χ0n) is 7.67. The lowest BCUT2D eigenvalue weighted by Crippen LogP contribution is -2.31. The van der Waals surface area contributed by atoms with Crippen LogP contribution >= 0.6 is 0 Å². The number of β-amino-alcohol motifs (C(OH)–C–C–N with tert-alkyl or cyclic N) is 1. The molecule has 1 aliphatic heterocycles. The van der Waals surface area contributed by atoms with E-state index in [1.807, 2.05) is 0 Å². The maximum atomic E-state index is 11.4. The molecular weight excluding hydrogens is 202 g/mol. The fourth-order valence-electron chi connectivity index (χ4n) is 1.53. The van der Waals surface area contributed by atoms with Crippen LogP contribution in [0.4, 0.5) is 5.69 Å². The van der Waals surface area contributed by atoms with Crippen molar-refractivity contribution in [1.29, 1.82) is 0 Å². The van der Waals surface area contributed by atoms with Crippen molar-refractivity contribution in [2.45, 2.75) is 12.5 Å². The number of carbonyl (C=O) groups excluding carboxylic acids is 1. The van der Waals surface area contributed by atoms with Crippen molar-refractivity contribution >= 4 is 11.6 Å². The standard InChI is InChI=1S/C8H9N3O4/c12-4-1-5(13)11(2-4)6-7(14)9-3-10-8(6)15/h3-4,12H,1-2H2,(H2,9,10,14,15). The first kappa shape index (κ1) is 9.66. The lowest BCUT2D eigenvalue weighted by Gasteiger charge is -2.14. The quantitative estimate of drug-likeness (QED) is 0.528. The Balaban J connectivity index is 2.46. The number of aliphatic hydroxyl groups is 1. The Morgan fingerprint density at radius 1 is 1.53 bits per heavy atom. The summed E-state index contributed by atoms with van der Waals surface area (Å²) in [7, 11) is 0. The lowest BCUT2D eigenvalue weighted by molar-refractivity contribution is -0.117. The van der Waals surface area contributed by atoms with E-state index in [9.17, 15) is 19.8 Å². The third kappa shape index (κ3) is 1.57. The molecule has 1 aliphatic rings. The Morgan fingerprint density at radius 2 is 2.27 bits per heavy atom. The first-order valence-electron chi connectivity index (χ1n) is 4.34. The van der Waals surface area contributed by atoms with E-state index in [4.69, 9.17) is 0 Å². The summed E-state index contributed by atoms with van der Waals surface area (Å²) in [5, 5.41) is 18.6. The van der Waals surface area contributed by atoms with Crippen LogP contribution in [0.2, 0.25) is 0 Å². The van der Waals surface area contributed by atoms with Crippen LogP contribution in [-0.2, 0) is 4.79 Å². The largest absolute Gasteiger partial charge is 0.492 e. The average Bonchev–Trinajstić information content (AvgIpc) is 2.45. The molecule has 0 spiro atoms. The molecule has 0 aromatic carbocycles. The number of hydrogen-bond donors (Lipinski definition) is 3. The number of aromatic hydroxyl groups is 1. The van der Waals surface area contributed by atoms with Gasteiger partial charge in [0.1, 0.15) is 0 Å². The summed E-state index contributed by atoms with van der Waals surface area (Å²) in [6.45, 7) is 0.00116. The molecule has 2 rings (SSSR count). The molecule has 1 amide bonds. The Hall–Kier alpha value is -1.89. The smallest absolute Gasteiger partial charge is 0.278 e. The molecule has 1 fully saturated rings. The predicted molar refractivity (Wildman–Crippen MR) is 49.5 cm³/mol. The number of anilines is 1. The first-order valence-corrected chi connectivity index (χ1v) is 4.34. The molecule has 1 aromatic rings. The highest BCUT2D eigenvalue weighted by atomic mass is 16.3. The predicted octanol–water partition coefficient (Wildman–Crippen LogP) is -1.43. The van der Waals surface area contributed by atoms with Crippen LogP contribution in [0.5, 0.6) is 5.88 Å². The molecule has 80 valence electrons. The van der Waals surface area contributed by atoms with Gasteiger partial charge in [0.15, 0.2) is 5.69 Å². The number of aliphatic hydroxyl groups excluding tert-OH is 1. The number of carbonyl (C=O) groups is 1. The summed E-state index contributed by atoms with van der Waals surface area (Å²) < 4.78 is 0. The second kappa shape index (κ2) is 3.35. The fraction of sp³-hybridized carbons (Fsp3) is 0.375. The molecule has 1 atom stereocenters. The highest BCUT2D eigenvalue weighted by Crippen LogP contribution is 2.23. The molecule has 0 radical (unpaired) electrons. The lowest BCUT2D eigenvalue weighted by atomic mass is 10.3. The van der Waals surface area contributed by atoms with E-state index >= 15 is 0 Å². The average molecular weight is 211 g/mol. The summed E-state index contributed by atoms with van der Waals surface area (Å²) in [6, 6.07) is 0. The van der Waals surface area contributed by atoms with Gasteiger partial charge in [-0.3, -0.25) is 9.59 Å². The van der Waals surface area contributed by atoms with E-state index in [1.165, 1.54) is 0 Å². The second-order valence-corrected chi connectivity index (χ2v) is 3.27. The third-order valence-electron chi connectivity index (χ3n) is 2.18. The van der Waals surface area contributed by atoms with Crippen molar-refractivity contribution in [2.75, 3.05) is 11.4 Å². The molecule has 7 nitrogen and oxygen atoms in total. The summed E-state index contributed by atoms with van der Waals surface area (Å²) in [6.07, 6.45) is 0.183. The van der Waals surface area contributed by atoms with E-state index in [0.29, 0.717) is 0 Å². The Labute approximate surface area is 84.0 Å². The highest BCUT2D eigenvalue weighted by Gasteiger charge is 2.32. The zero-order chi connectivity index (χ0) is 11.0. The van der Waals surface area contributed by atoms with Crippen molar-refractivity contribution < 1.29 is 15.0 Å². The number of aromatic nitrogens is 2. The molecular formula is C8H9N3O4. The van der Waals surface area contributed by atoms with Crippen LogP contribution in [0, 0.1) is 0 Å². The van der Waals surface area contributed by atoms with E-state index in [-0.39, 0.29) is 18.7 Å². The van der Waals surface area contributed by atoms with Gasteiger partial charge < -0.3 is 20.1 Å². The van der Waals surface area contributed by atoms with Gasteiger partial charge in [-0.1, -0.05) is 0 Å². The number of rotatable bonds is 1. The topological polar surface area (TPSA) is 107 Å². The highest BCUT2D eigenvalue weighted by molar-refractivity contribution is 5.96. The minimum atomic E-state index is -0.809. The summed E-state index contributed by atoms with van der Waals surface area (Å²) in [5.41, 5.74) is -0.816. The maximum absolute atomic E-state index is 11.4. The molecule has 0 saturated carbocycles. The number of aromatic amines is 1. The van der Waals surface area contributed by atoms with Gasteiger partial charge in [0.2, 0.25) is 11.8 Å². The Morgan fingerprint density at radius 3 is 2.80 bits per heavy atom. The number of hydrogen-bond acceptors (Lipinski definition) is 5. The van der Waals surface area contributed by atoms with E-state index in [2.05, 4.69) is 9.97 Å². The molecule has 1 aromatic heterocycles. The van der Waals surface area contributed by atoms with Crippen molar-refractivity contribution in [1.82, 2.24) is 9.97 Å². The number of nitrogens with zero attached hydrogens (tertiary/aromatic N) is 2. The molecule has 0 aliphatic carbocycles. The van der Waals surface area contributed by atoms with E-state index in [0.717, 1.165) is 11.2 Å². The minimum Gasteiger partial charge on any atom is -0.492 e. The monoisotopic (exact) mass is 211 g/mol. The summed E-state index contributed by atoms with van der Waals surface area (Å²) in [4.78, 5) is 29.5. The van der Waals surface area contributed by atoms with Crippen LogP contribution in [0.15, 0.2) is 11.1 Å². The van der Waals surface area contributed by atoms with Crippen LogP contribution in [0.25, 0.3) is 0 Å². The zero-order valence-corrected chi connectivity index (χ0v) is 7.67. The van der Waals surface area contributed by atoms with Gasteiger partial charge in [-0.2, -0.15) is 0 Å². The normalized spacial score (nSPS) is 21.0. The molecule has 15 heavy (non-hydrogen) atoms. The number of amides is 1. The Bertz CT molecular complexity index is 455. The van der Waals surface area contributed by atoms with Crippen LogP contribution in [0.3, 0.4) is 0 Å². The Kier molecular flexibility index (Phi) is 2.16. The second-order valence-electron chi connectivity index (χ2n) is 3.27. The van der Waals surface area contributed by atoms with Crippen molar-refractivity contribution in [2.24, 2.45) is 0 Å². The van der Waals surface area contributed by atoms with Gasteiger partial charge >= 0.3 is 0 Å². The van der Waals surface area contributed by atoms with Gasteiger partial charge in [0, 0.05) is 0 Å². The molecule has 1 unspecified atom stereocenters. The summed E-state index contributed by atoms with van der Waals surface area (Å²) >= 11 is 0. The van der Waals surface area contributed by atoms with E-state index < -0.39 is 23.5 Å². The van der Waals surface area contributed by atoms with Gasteiger partial charge in [-0.25, -0.2) is 4.98 Å². The molecule has 7 heteroatoms. The van der Waals surface area contributed by atoms with Crippen molar-refractivity contribution in [3.63, 3.8) is 0 Å². The molecule has 0 bridgehead atoms. The van der Waals surface area contributed by atoms with Gasteiger partial charge in [0.05, 0.1) is 25.4 Å². The van der Waals surface area contributed by atoms with E-state index in [1.54, 1.807) is 0 Å². The molecule has 1 saturated heterocycles.